The highest BCUT2D eigenvalue weighted by Crippen LogP contribution is 2.18. The average molecular weight is 208 g/mol. The lowest BCUT2D eigenvalue weighted by Crippen LogP contribution is -2.22. The van der Waals surface area contributed by atoms with Crippen LogP contribution >= 0.6 is 0 Å². The second kappa shape index (κ2) is 4.00. The first-order valence-corrected chi connectivity index (χ1v) is 4.33. The third-order valence-corrected chi connectivity index (χ3v) is 1.76. The molecule has 0 aliphatic carbocycles. The van der Waals surface area contributed by atoms with Crippen molar-refractivity contribution in [3.8, 4) is 11.5 Å². The topological polar surface area (TPSA) is 61.8 Å². The number of esters is 2. The minimum atomic E-state index is -0.728. The van der Waals surface area contributed by atoms with Crippen LogP contribution in [0.5, 0.6) is 11.5 Å². The van der Waals surface area contributed by atoms with Crippen LogP contribution < -0.4 is 9.47 Å². The van der Waals surface area contributed by atoms with Crippen molar-refractivity contribution in [1.82, 2.24) is 0 Å². The van der Waals surface area contributed by atoms with Crippen LogP contribution in [0.15, 0.2) is 24.3 Å². The molecule has 0 fully saturated rings. The van der Waals surface area contributed by atoms with Gasteiger partial charge in [0.15, 0.2) is 13.2 Å². The highest BCUT2D eigenvalue weighted by atomic mass is 16.6. The number of hydrogen-bond acceptors (Lipinski definition) is 5. The Morgan fingerprint density at radius 1 is 0.800 bits per heavy atom. The Balaban J connectivity index is 2.19. The molecule has 0 N–H and O–H groups in total. The summed E-state index contributed by atoms with van der Waals surface area (Å²) in [7, 11) is 0. The molecule has 0 radical (unpaired) electrons. The van der Waals surface area contributed by atoms with Gasteiger partial charge in [-0.25, -0.2) is 9.59 Å². The Hall–Kier alpha value is -2.04. The lowest BCUT2D eigenvalue weighted by molar-refractivity contribution is -0.162. The summed E-state index contributed by atoms with van der Waals surface area (Å²) in [6.45, 7) is -0.573. The molecule has 5 nitrogen and oxygen atoms in total. The average Bonchev–Trinajstić information content (AvgIpc) is 2.28. The van der Waals surface area contributed by atoms with Gasteiger partial charge in [-0.1, -0.05) is 0 Å². The summed E-state index contributed by atoms with van der Waals surface area (Å²) in [5.74, 6) is -0.413. The molecule has 2 heterocycles. The summed E-state index contributed by atoms with van der Waals surface area (Å²) in [6, 6.07) is 6.60. The predicted octanol–water partition coefficient (Wildman–Crippen LogP) is 0.528. The molecule has 0 spiro atoms. The first kappa shape index (κ1) is 9.51. The minimum Gasteiger partial charge on any atom is -0.482 e. The monoisotopic (exact) mass is 208 g/mol. The third-order valence-electron chi connectivity index (χ3n) is 1.76. The maximum atomic E-state index is 11.0. The number of benzene rings is 1. The Bertz CT molecular complexity index is 344. The Labute approximate surface area is 85.5 Å². The zero-order chi connectivity index (χ0) is 10.7. The van der Waals surface area contributed by atoms with Crippen molar-refractivity contribution in [3.05, 3.63) is 24.3 Å². The van der Waals surface area contributed by atoms with Gasteiger partial charge < -0.3 is 14.2 Å². The van der Waals surface area contributed by atoms with E-state index in [4.69, 9.17) is 9.47 Å². The molecule has 0 aromatic heterocycles. The van der Waals surface area contributed by atoms with Crippen LogP contribution in [0.25, 0.3) is 0 Å². The fraction of sp³-hybridized carbons (Fsp3) is 0.200. The summed E-state index contributed by atoms with van der Waals surface area (Å²) in [4.78, 5) is 22.0. The third kappa shape index (κ3) is 2.46. The van der Waals surface area contributed by atoms with Gasteiger partial charge in [0.25, 0.3) is 0 Å². The SMILES string of the molecule is O=C1COc2ccc(cc2)OCC(=O)O1. The van der Waals surface area contributed by atoms with Crippen molar-refractivity contribution in [2.75, 3.05) is 13.2 Å². The molecular formula is C10H8O5. The van der Waals surface area contributed by atoms with Gasteiger partial charge in [-0.3, -0.25) is 0 Å². The fourth-order valence-corrected chi connectivity index (χ4v) is 1.10. The van der Waals surface area contributed by atoms with Crippen molar-refractivity contribution in [2.45, 2.75) is 0 Å². The van der Waals surface area contributed by atoms with Gasteiger partial charge in [-0.15, -0.1) is 0 Å². The van der Waals surface area contributed by atoms with Crippen molar-refractivity contribution in [3.63, 3.8) is 0 Å². The second-order valence-electron chi connectivity index (χ2n) is 2.89. The largest absolute Gasteiger partial charge is 0.482 e. The quantitative estimate of drug-likeness (QED) is 0.353. The van der Waals surface area contributed by atoms with E-state index < -0.39 is 11.9 Å². The number of carbonyl (C=O) groups excluding carboxylic acids is 2. The van der Waals surface area contributed by atoms with Crippen LogP contribution in [0, 0.1) is 0 Å². The fourth-order valence-electron chi connectivity index (χ4n) is 1.10. The normalized spacial score (nSPS) is 16.0. The maximum Gasteiger partial charge on any atom is 0.351 e. The van der Waals surface area contributed by atoms with Gasteiger partial charge in [-0.2, -0.15) is 0 Å². The lowest BCUT2D eigenvalue weighted by Gasteiger charge is -2.03. The molecular weight excluding hydrogens is 200 g/mol. The van der Waals surface area contributed by atoms with Crippen LogP contribution in [-0.4, -0.2) is 25.2 Å². The van der Waals surface area contributed by atoms with Crippen molar-refractivity contribution in [1.29, 1.82) is 0 Å². The first-order valence-electron chi connectivity index (χ1n) is 4.33. The standard InChI is InChI=1S/C10H8O5/c11-9-5-13-7-1-2-8(4-3-7)14-6-10(12)15-9/h1-4H,5-6H2. The van der Waals surface area contributed by atoms with E-state index in [1.54, 1.807) is 24.3 Å². The van der Waals surface area contributed by atoms with E-state index in [-0.39, 0.29) is 13.2 Å². The highest BCUT2D eigenvalue weighted by molar-refractivity contribution is 5.87. The molecule has 0 saturated carbocycles. The van der Waals surface area contributed by atoms with Crippen LogP contribution in [0.3, 0.4) is 0 Å². The lowest BCUT2D eigenvalue weighted by atomic mass is 10.3. The van der Waals surface area contributed by atoms with Crippen molar-refractivity contribution >= 4 is 11.9 Å². The molecule has 78 valence electrons. The van der Waals surface area contributed by atoms with Crippen LogP contribution in [-0.2, 0) is 14.3 Å². The summed E-state index contributed by atoms with van der Waals surface area (Å²) in [5.41, 5.74) is 0. The van der Waals surface area contributed by atoms with E-state index >= 15 is 0 Å². The smallest absolute Gasteiger partial charge is 0.351 e. The second-order valence-corrected chi connectivity index (χ2v) is 2.89. The molecule has 15 heavy (non-hydrogen) atoms. The number of carbonyl (C=O) groups is 2. The van der Waals surface area contributed by atoms with Gasteiger partial charge in [0.2, 0.25) is 0 Å². The molecule has 2 aliphatic heterocycles. The molecule has 0 unspecified atom stereocenters. The van der Waals surface area contributed by atoms with E-state index in [1.807, 2.05) is 0 Å². The van der Waals surface area contributed by atoms with Gasteiger partial charge >= 0.3 is 11.9 Å². The number of fused-ring (bicyclic) bond motifs is 8. The van der Waals surface area contributed by atoms with Crippen LogP contribution in [0.4, 0.5) is 0 Å². The molecule has 3 rings (SSSR count). The molecule has 2 aliphatic rings. The van der Waals surface area contributed by atoms with Crippen LogP contribution in [0.1, 0.15) is 0 Å². The van der Waals surface area contributed by atoms with Crippen molar-refractivity contribution in [2.24, 2.45) is 0 Å². The van der Waals surface area contributed by atoms with E-state index in [0.717, 1.165) is 0 Å². The van der Waals surface area contributed by atoms with E-state index in [2.05, 4.69) is 4.74 Å². The number of hydrogen-bond donors (Lipinski definition) is 0. The summed E-state index contributed by atoms with van der Waals surface area (Å²) >= 11 is 0. The van der Waals surface area contributed by atoms with Gasteiger partial charge in [-0.05, 0) is 24.3 Å². The van der Waals surface area contributed by atoms with E-state index in [0.29, 0.717) is 11.5 Å². The summed E-state index contributed by atoms with van der Waals surface area (Å²) < 4.78 is 14.5. The maximum absolute atomic E-state index is 11.0. The number of rotatable bonds is 0. The van der Waals surface area contributed by atoms with Gasteiger partial charge in [0.05, 0.1) is 0 Å². The highest BCUT2D eigenvalue weighted by Gasteiger charge is 2.13. The molecule has 2 bridgehead atoms. The molecule has 0 amide bonds. The Morgan fingerprint density at radius 2 is 1.20 bits per heavy atom. The molecule has 5 heteroatoms. The van der Waals surface area contributed by atoms with Gasteiger partial charge in [0.1, 0.15) is 11.5 Å². The first-order chi connectivity index (χ1) is 7.24. The van der Waals surface area contributed by atoms with Crippen LogP contribution in [0.2, 0.25) is 0 Å². The molecule has 1 aromatic carbocycles. The summed E-state index contributed by atoms with van der Waals surface area (Å²) in [5, 5.41) is 0. The Kier molecular flexibility index (Phi) is 2.53. The predicted molar refractivity (Wildman–Crippen MR) is 48.5 cm³/mol. The zero-order valence-electron chi connectivity index (χ0n) is 7.76. The molecule has 0 atom stereocenters. The van der Waals surface area contributed by atoms with E-state index in [1.165, 1.54) is 0 Å². The molecule has 1 aromatic rings. The Morgan fingerprint density at radius 3 is 1.60 bits per heavy atom. The molecule has 0 saturated heterocycles. The van der Waals surface area contributed by atoms with Crippen molar-refractivity contribution < 1.29 is 23.8 Å². The zero-order valence-corrected chi connectivity index (χ0v) is 7.76. The summed E-state index contributed by atoms with van der Waals surface area (Å²) in [6.07, 6.45) is 0. The minimum absolute atomic E-state index is 0.287. The van der Waals surface area contributed by atoms with Gasteiger partial charge in [0, 0.05) is 0 Å². The number of ether oxygens (including phenoxy) is 3. The van der Waals surface area contributed by atoms with E-state index in [9.17, 15) is 9.59 Å².